The Bertz CT molecular complexity index is 1410. The van der Waals surface area contributed by atoms with Gasteiger partial charge in [0.2, 0.25) is 0 Å². The molecule has 3 aromatic rings. The van der Waals surface area contributed by atoms with Gasteiger partial charge in [0.25, 0.3) is 11.8 Å². The topological polar surface area (TPSA) is 84.9 Å². The van der Waals surface area contributed by atoms with Crippen molar-refractivity contribution < 1.29 is 23.9 Å². The number of hydrogen-bond acceptors (Lipinski definition) is 5. The third-order valence-corrected chi connectivity index (χ3v) is 6.39. The highest BCUT2D eigenvalue weighted by atomic mass is 35.5. The molecule has 1 aliphatic heterocycles. The minimum Gasteiger partial charge on any atom is -0.493 e. The van der Waals surface area contributed by atoms with Crippen LogP contribution < -0.4 is 19.7 Å². The number of nitrogens with one attached hydrogen (secondary N) is 1. The number of amides is 4. The third kappa shape index (κ3) is 5.44. The van der Waals surface area contributed by atoms with E-state index in [-0.39, 0.29) is 34.4 Å². The molecule has 0 aliphatic carbocycles. The molecule has 0 bridgehead atoms. The minimum absolute atomic E-state index is 0.131. The molecule has 0 atom stereocenters. The van der Waals surface area contributed by atoms with Crippen LogP contribution in [0.5, 0.6) is 11.5 Å². The maximum Gasteiger partial charge on any atom is 0.335 e. The van der Waals surface area contributed by atoms with Crippen LogP contribution in [0.25, 0.3) is 6.08 Å². The molecule has 0 unspecified atom stereocenters. The van der Waals surface area contributed by atoms with E-state index in [0.717, 1.165) is 10.5 Å². The van der Waals surface area contributed by atoms with Gasteiger partial charge >= 0.3 is 6.03 Å². The van der Waals surface area contributed by atoms with E-state index in [2.05, 4.69) is 5.32 Å². The summed E-state index contributed by atoms with van der Waals surface area (Å²) >= 11 is 24.3. The van der Waals surface area contributed by atoms with E-state index in [0.29, 0.717) is 20.6 Å². The van der Waals surface area contributed by atoms with E-state index in [4.69, 9.17) is 55.9 Å². The minimum atomic E-state index is -0.869. The lowest BCUT2D eigenvalue weighted by atomic mass is 10.1. The Balaban J connectivity index is 1.63. The number of imide groups is 2. The Morgan fingerprint density at radius 3 is 2.28 bits per heavy atom. The maximum atomic E-state index is 13.1. The standard InChI is InChI=1S/C25H16Cl4N2O5/c1-35-21-11-14(10-20(29)22(21)36-12-13-2-7-18(27)19(28)9-13)8-17-23(32)30-25(34)31(24(17)33)16-5-3-15(26)4-6-16/h2-11H,12H2,1H3,(H,30,32,34)/b17-8+. The number of carbonyl (C=O) groups excluding carboxylic acids is 3. The zero-order valence-corrected chi connectivity index (χ0v) is 21.5. The first-order chi connectivity index (χ1) is 17.2. The number of methoxy groups -OCH3 is 1. The van der Waals surface area contributed by atoms with Gasteiger partial charge in [-0.05, 0) is 65.7 Å². The highest BCUT2D eigenvalue weighted by Gasteiger charge is 2.36. The van der Waals surface area contributed by atoms with Crippen molar-refractivity contribution in [2.24, 2.45) is 0 Å². The second kappa shape index (κ2) is 10.8. The number of anilines is 1. The maximum absolute atomic E-state index is 13.1. The van der Waals surface area contributed by atoms with E-state index in [1.165, 1.54) is 43.5 Å². The summed E-state index contributed by atoms with van der Waals surface area (Å²) < 4.78 is 11.2. The van der Waals surface area contributed by atoms with Crippen LogP contribution in [0, 0.1) is 0 Å². The number of halogens is 4. The van der Waals surface area contributed by atoms with Crippen molar-refractivity contribution >= 4 is 76.0 Å². The van der Waals surface area contributed by atoms with Crippen LogP contribution in [0.15, 0.2) is 60.2 Å². The molecule has 1 aliphatic rings. The summed E-state index contributed by atoms with van der Waals surface area (Å²) in [7, 11) is 1.42. The number of ether oxygens (including phenoxy) is 2. The molecule has 184 valence electrons. The molecule has 36 heavy (non-hydrogen) atoms. The third-order valence-electron chi connectivity index (χ3n) is 5.12. The SMILES string of the molecule is COc1cc(/C=C2\C(=O)NC(=O)N(c3ccc(Cl)cc3)C2=O)cc(Cl)c1OCc1ccc(Cl)c(Cl)c1. The number of hydrogen-bond donors (Lipinski definition) is 1. The van der Waals surface area contributed by atoms with Crippen LogP contribution in [0.2, 0.25) is 20.1 Å². The van der Waals surface area contributed by atoms with Gasteiger partial charge in [-0.25, -0.2) is 9.69 Å². The molecule has 1 N–H and O–H groups in total. The molecule has 0 aromatic heterocycles. The zero-order valence-electron chi connectivity index (χ0n) is 18.5. The van der Waals surface area contributed by atoms with Gasteiger partial charge in [-0.1, -0.05) is 52.5 Å². The average Bonchev–Trinajstić information content (AvgIpc) is 2.84. The second-order valence-electron chi connectivity index (χ2n) is 7.51. The first-order valence-corrected chi connectivity index (χ1v) is 11.8. The smallest absolute Gasteiger partial charge is 0.335 e. The van der Waals surface area contributed by atoms with E-state index in [1.807, 2.05) is 0 Å². The molecule has 0 radical (unpaired) electrons. The Kier molecular flexibility index (Phi) is 7.76. The van der Waals surface area contributed by atoms with Crippen LogP contribution in [-0.4, -0.2) is 25.0 Å². The molecule has 3 aromatic carbocycles. The summed E-state index contributed by atoms with van der Waals surface area (Å²) in [4.78, 5) is 38.8. The number of barbiturate groups is 1. The Morgan fingerprint density at radius 1 is 0.889 bits per heavy atom. The predicted octanol–water partition coefficient (Wildman–Crippen LogP) is 6.55. The van der Waals surface area contributed by atoms with Gasteiger partial charge in [0.05, 0.1) is 27.9 Å². The fraction of sp³-hybridized carbons (Fsp3) is 0.0800. The van der Waals surface area contributed by atoms with E-state index >= 15 is 0 Å². The van der Waals surface area contributed by atoms with Crippen molar-refractivity contribution in [2.45, 2.75) is 6.61 Å². The van der Waals surface area contributed by atoms with E-state index in [1.54, 1.807) is 24.3 Å². The number of rotatable bonds is 6. The summed E-state index contributed by atoms with van der Waals surface area (Å²) in [6, 6.07) is 13.3. The van der Waals surface area contributed by atoms with Crippen LogP contribution in [0.3, 0.4) is 0 Å². The van der Waals surface area contributed by atoms with Crippen LogP contribution >= 0.6 is 46.4 Å². The summed E-state index contributed by atoms with van der Waals surface area (Å²) in [6.45, 7) is 0.131. The molecule has 0 saturated carbocycles. The highest BCUT2D eigenvalue weighted by Crippen LogP contribution is 2.38. The molecule has 1 fully saturated rings. The van der Waals surface area contributed by atoms with Crippen molar-refractivity contribution in [1.29, 1.82) is 0 Å². The van der Waals surface area contributed by atoms with Crippen molar-refractivity contribution in [3.05, 3.63) is 91.4 Å². The van der Waals surface area contributed by atoms with Gasteiger partial charge in [-0.15, -0.1) is 0 Å². The summed E-state index contributed by atoms with van der Waals surface area (Å²) in [6.07, 6.45) is 1.31. The molecule has 4 rings (SSSR count). The fourth-order valence-corrected chi connectivity index (χ4v) is 4.12. The molecular weight excluding hydrogens is 550 g/mol. The number of urea groups is 1. The number of carbonyl (C=O) groups is 3. The first kappa shape index (κ1) is 25.9. The molecule has 7 nitrogen and oxygen atoms in total. The van der Waals surface area contributed by atoms with Gasteiger partial charge in [0.15, 0.2) is 11.5 Å². The van der Waals surface area contributed by atoms with E-state index in [9.17, 15) is 14.4 Å². The monoisotopic (exact) mass is 564 g/mol. The Labute approximate surface area is 226 Å². The molecule has 1 saturated heterocycles. The summed E-state index contributed by atoms with van der Waals surface area (Å²) in [5.41, 5.74) is 1.11. The van der Waals surface area contributed by atoms with Crippen molar-refractivity contribution in [2.75, 3.05) is 12.0 Å². The average molecular weight is 566 g/mol. The zero-order chi connectivity index (χ0) is 26.0. The number of nitrogens with zero attached hydrogens (tertiary/aromatic N) is 1. The lowest BCUT2D eigenvalue weighted by Crippen LogP contribution is -2.54. The van der Waals surface area contributed by atoms with Gasteiger partial charge < -0.3 is 9.47 Å². The van der Waals surface area contributed by atoms with Crippen LogP contribution in [0.1, 0.15) is 11.1 Å². The lowest BCUT2D eigenvalue weighted by molar-refractivity contribution is -0.122. The quantitative estimate of drug-likeness (QED) is 0.270. The van der Waals surface area contributed by atoms with Crippen molar-refractivity contribution in [3.8, 4) is 11.5 Å². The highest BCUT2D eigenvalue weighted by molar-refractivity contribution is 6.42. The van der Waals surface area contributed by atoms with Gasteiger partial charge in [-0.3, -0.25) is 14.9 Å². The molecular formula is C25H16Cl4N2O5. The van der Waals surface area contributed by atoms with Gasteiger partial charge in [-0.2, -0.15) is 0 Å². The summed E-state index contributed by atoms with van der Waals surface area (Å²) in [5.74, 6) is -1.13. The lowest BCUT2D eigenvalue weighted by Gasteiger charge is -2.26. The van der Waals surface area contributed by atoms with Crippen molar-refractivity contribution in [3.63, 3.8) is 0 Å². The molecule has 4 amide bonds. The second-order valence-corrected chi connectivity index (χ2v) is 9.16. The molecule has 11 heteroatoms. The van der Waals surface area contributed by atoms with Crippen LogP contribution in [0.4, 0.5) is 10.5 Å². The Morgan fingerprint density at radius 2 is 1.61 bits per heavy atom. The van der Waals surface area contributed by atoms with E-state index < -0.39 is 17.8 Å². The Hall–Kier alpha value is -3.23. The van der Waals surface area contributed by atoms with Gasteiger partial charge in [0.1, 0.15) is 12.2 Å². The largest absolute Gasteiger partial charge is 0.493 e. The normalized spacial score (nSPS) is 14.8. The predicted molar refractivity (Wildman–Crippen MR) is 139 cm³/mol. The summed E-state index contributed by atoms with van der Waals surface area (Å²) in [5, 5.41) is 3.58. The first-order valence-electron chi connectivity index (χ1n) is 10.3. The molecule has 1 heterocycles. The van der Waals surface area contributed by atoms with Crippen molar-refractivity contribution in [1.82, 2.24) is 5.32 Å². The molecule has 0 spiro atoms. The van der Waals surface area contributed by atoms with Gasteiger partial charge in [0, 0.05) is 5.02 Å². The number of benzene rings is 3. The fourth-order valence-electron chi connectivity index (χ4n) is 3.40. The van der Waals surface area contributed by atoms with Crippen LogP contribution in [-0.2, 0) is 16.2 Å².